The molecule has 1 aliphatic heterocycles. The van der Waals surface area contributed by atoms with Crippen LogP contribution in [0, 0.1) is 5.92 Å². The van der Waals surface area contributed by atoms with Crippen molar-refractivity contribution >= 4 is 5.69 Å². The lowest BCUT2D eigenvalue weighted by atomic mass is 10.1. The van der Waals surface area contributed by atoms with Crippen molar-refractivity contribution < 1.29 is 0 Å². The SMILES string of the molecule is CNCC1CCN(c2ccc3c(c2)CCC3)C1. The Labute approximate surface area is 104 Å². The van der Waals surface area contributed by atoms with Crippen molar-refractivity contribution in [3.63, 3.8) is 0 Å². The van der Waals surface area contributed by atoms with Gasteiger partial charge in [0, 0.05) is 18.8 Å². The Bertz CT molecular complexity index is 400. The van der Waals surface area contributed by atoms with Gasteiger partial charge in [0.15, 0.2) is 0 Å². The smallest absolute Gasteiger partial charge is 0.0369 e. The molecule has 1 saturated heterocycles. The second-order valence-electron chi connectivity index (χ2n) is 5.46. The van der Waals surface area contributed by atoms with Crippen LogP contribution in [0.5, 0.6) is 0 Å². The Kier molecular flexibility index (Phi) is 3.06. The number of hydrogen-bond acceptors (Lipinski definition) is 2. The van der Waals surface area contributed by atoms with E-state index in [1.165, 1.54) is 44.5 Å². The summed E-state index contributed by atoms with van der Waals surface area (Å²) in [5.41, 5.74) is 4.63. The van der Waals surface area contributed by atoms with Gasteiger partial charge >= 0.3 is 0 Å². The molecule has 92 valence electrons. The predicted octanol–water partition coefficient (Wildman–Crippen LogP) is 2.22. The standard InChI is InChI=1S/C15H22N2/c1-16-10-12-7-8-17(11-12)15-6-5-13-3-2-4-14(13)9-15/h5-6,9,12,16H,2-4,7-8,10-11H2,1H3. The van der Waals surface area contributed by atoms with E-state index in [0.29, 0.717) is 0 Å². The van der Waals surface area contributed by atoms with E-state index < -0.39 is 0 Å². The molecule has 2 aliphatic rings. The number of anilines is 1. The second kappa shape index (κ2) is 4.69. The molecule has 0 spiro atoms. The maximum absolute atomic E-state index is 3.30. The van der Waals surface area contributed by atoms with Crippen molar-refractivity contribution in [3.05, 3.63) is 29.3 Å². The highest BCUT2D eigenvalue weighted by molar-refractivity contribution is 5.53. The zero-order chi connectivity index (χ0) is 11.7. The minimum absolute atomic E-state index is 0.827. The summed E-state index contributed by atoms with van der Waals surface area (Å²) in [6.45, 7) is 3.60. The van der Waals surface area contributed by atoms with E-state index in [4.69, 9.17) is 0 Å². The normalized spacial score (nSPS) is 23.1. The number of aryl methyl sites for hydroxylation is 2. The molecule has 1 fully saturated rings. The van der Waals surface area contributed by atoms with Crippen LogP contribution in [-0.2, 0) is 12.8 Å². The lowest BCUT2D eigenvalue weighted by Gasteiger charge is -2.19. The average molecular weight is 230 g/mol. The van der Waals surface area contributed by atoms with Gasteiger partial charge in [0.05, 0.1) is 0 Å². The van der Waals surface area contributed by atoms with E-state index in [1.54, 1.807) is 11.1 Å². The summed E-state index contributed by atoms with van der Waals surface area (Å²) in [5.74, 6) is 0.827. The van der Waals surface area contributed by atoms with E-state index >= 15 is 0 Å². The highest BCUT2D eigenvalue weighted by atomic mass is 15.2. The quantitative estimate of drug-likeness (QED) is 0.856. The van der Waals surface area contributed by atoms with Crippen LogP contribution in [0.4, 0.5) is 5.69 Å². The van der Waals surface area contributed by atoms with Crippen LogP contribution in [0.15, 0.2) is 18.2 Å². The summed E-state index contributed by atoms with van der Waals surface area (Å²) >= 11 is 0. The first-order chi connectivity index (χ1) is 8.36. The fourth-order valence-corrected chi connectivity index (χ4v) is 3.28. The van der Waals surface area contributed by atoms with Crippen LogP contribution in [0.25, 0.3) is 0 Å². The van der Waals surface area contributed by atoms with Gasteiger partial charge in [-0.2, -0.15) is 0 Å². The first-order valence-electron chi connectivity index (χ1n) is 6.88. The molecule has 1 aromatic rings. The van der Waals surface area contributed by atoms with Crippen LogP contribution >= 0.6 is 0 Å². The molecule has 0 amide bonds. The van der Waals surface area contributed by atoms with Crippen molar-refractivity contribution in [2.75, 3.05) is 31.6 Å². The van der Waals surface area contributed by atoms with Gasteiger partial charge < -0.3 is 10.2 Å². The Morgan fingerprint density at radius 1 is 1.29 bits per heavy atom. The molecule has 0 saturated carbocycles. The van der Waals surface area contributed by atoms with E-state index in [1.807, 2.05) is 0 Å². The lowest BCUT2D eigenvalue weighted by molar-refractivity contribution is 0.549. The van der Waals surface area contributed by atoms with Crippen molar-refractivity contribution in [2.45, 2.75) is 25.7 Å². The third kappa shape index (κ3) is 2.19. The molecule has 17 heavy (non-hydrogen) atoms. The molecule has 1 aliphatic carbocycles. The van der Waals surface area contributed by atoms with E-state index in [9.17, 15) is 0 Å². The van der Waals surface area contributed by atoms with Crippen LogP contribution < -0.4 is 10.2 Å². The van der Waals surface area contributed by atoms with E-state index in [-0.39, 0.29) is 0 Å². The zero-order valence-electron chi connectivity index (χ0n) is 10.7. The molecule has 3 rings (SSSR count). The number of benzene rings is 1. The fourth-order valence-electron chi connectivity index (χ4n) is 3.28. The van der Waals surface area contributed by atoms with Crippen molar-refractivity contribution in [1.29, 1.82) is 0 Å². The number of nitrogens with one attached hydrogen (secondary N) is 1. The average Bonchev–Trinajstić information content (AvgIpc) is 2.96. The highest BCUT2D eigenvalue weighted by Crippen LogP contribution is 2.29. The molecular weight excluding hydrogens is 208 g/mol. The maximum atomic E-state index is 3.30. The summed E-state index contributed by atoms with van der Waals surface area (Å²) in [4.78, 5) is 2.56. The number of rotatable bonds is 3. The van der Waals surface area contributed by atoms with Crippen LogP contribution in [0.1, 0.15) is 24.0 Å². The molecule has 1 heterocycles. The van der Waals surface area contributed by atoms with Gasteiger partial charge in [-0.05, 0) is 68.5 Å². The first kappa shape index (κ1) is 11.1. The molecule has 1 atom stereocenters. The van der Waals surface area contributed by atoms with Gasteiger partial charge in [-0.3, -0.25) is 0 Å². The van der Waals surface area contributed by atoms with Gasteiger partial charge in [-0.15, -0.1) is 0 Å². The molecule has 1 aromatic carbocycles. The van der Waals surface area contributed by atoms with Gasteiger partial charge in [-0.25, -0.2) is 0 Å². The summed E-state index contributed by atoms with van der Waals surface area (Å²) < 4.78 is 0. The Balaban J connectivity index is 1.73. The molecule has 0 bridgehead atoms. The summed E-state index contributed by atoms with van der Waals surface area (Å²) in [6, 6.07) is 7.11. The minimum atomic E-state index is 0.827. The molecule has 2 heteroatoms. The number of hydrogen-bond donors (Lipinski definition) is 1. The highest BCUT2D eigenvalue weighted by Gasteiger charge is 2.22. The molecule has 0 radical (unpaired) electrons. The minimum Gasteiger partial charge on any atom is -0.371 e. The molecule has 2 nitrogen and oxygen atoms in total. The predicted molar refractivity (Wildman–Crippen MR) is 72.7 cm³/mol. The van der Waals surface area contributed by atoms with Crippen molar-refractivity contribution in [3.8, 4) is 0 Å². The Morgan fingerprint density at radius 3 is 3.06 bits per heavy atom. The van der Waals surface area contributed by atoms with E-state index in [0.717, 1.165) is 12.5 Å². The summed E-state index contributed by atoms with van der Waals surface area (Å²) in [7, 11) is 2.05. The molecular formula is C15H22N2. The zero-order valence-corrected chi connectivity index (χ0v) is 10.7. The maximum Gasteiger partial charge on any atom is 0.0369 e. The third-order valence-corrected chi connectivity index (χ3v) is 4.23. The Morgan fingerprint density at radius 2 is 2.18 bits per heavy atom. The topological polar surface area (TPSA) is 15.3 Å². The number of fused-ring (bicyclic) bond motifs is 1. The van der Waals surface area contributed by atoms with Gasteiger partial charge in [0.2, 0.25) is 0 Å². The van der Waals surface area contributed by atoms with Gasteiger partial charge in [-0.1, -0.05) is 6.07 Å². The van der Waals surface area contributed by atoms with Crippen LogP contribution in [0.2, 0.25) is 0 Å². The lowest BCUT2D eigenvalue weighted by Crippen LogP contribution is -2.24. The monoisotopic (exact) mass is 230 g/mol. The van der Waals surface area contributed by atoms with E-state index in [2.05, 4.69) is 35.5 Å². The van der Waals surface area contributed by atoms with Crippen molar-refractivity contribution in [2.24, 2.45) is 5.92 Å². The summed E-state index contributed by atoms with van der Waals surface area (Å²) in [6.07, 6.45) is 5.26. The van der Waals surface area contributed by atoms with Crippen LogP contribution in [0.3, 0.4) is 0 Å². The largest absolute Gasteiger partial charge is 0.371 e. The Hall–Kier alpha value is -1.02. The third-order valence-electron chi connectivity index (χ3n) is 4.23. The summed E-state index contributed by atoms with van der Waals surface area (Å²) in [5, 5.41) is 3.30. The number of nitrogens with zero attached hydrogens (tertiary/aromatic N) is 1. The molecule has 0 aromatic heterocycles. The van der Waals surface area contributed by atoms with Gasteiger partial charge in [0.25, 0.3) is 0 Å². The molecule has 1 unspecified atom stereocenters. The second-order valence-corrected chi connectivity index (χ2v) is 5.46. The van der Waals surface area contributed by atoms with Crippen LogP contribution in [-0.4, -0.2) is 26.7 Å². The first-order valence-corrected chi connectivity index (χ1v) is 6.88. The fraction of sp³-hybridized carbons (Fsp3) is 0.600. The van der Waals surface area contributed by atoms with Gasteiger partial charge in [0.1, 0.15) is 0 Å². The molecule has 1 N–H and O–H groups in total. The van der Waals surface area contributed by atoms with Crippen molar-refractivity contribution in [1.82, 2.24) is 5.32 Å².